The molecular formula is C14H16O2. The van der Waals surface area contributed by atoms with Gasteiger partial charge < -0.3 is 4.74 Å². The van der Waals surface area contributed by atoms with Gasteiger partial charge in [0.05, 0.1) is 0 Å². The van der Waals surface area contributed by atoms with E-state index in [9.17, 15) is 4.79 Å². The number of benzene rings is 1. The number of carbonyl (C=O) groups excluding carboxylic acids is 1. The Labute approximate surface area is 95.9 Å². The van der Waals surface area contributed by atoms with Gasteiger partial charge in [-0.15, -0.1) is 6.58 Å². The van der Waals surface area contributed by atoms with Crippen molar-refractivity contribution in [3.05, 3.63) is 48.6 Å². The first-order valence-electron chi connectivity index (χ1n) is 5.55. The average molecular weight is 216 g/mol. The van der Waals surface area contributed by atoms with E-state index < -0.39 is 0 Å². The second kappa shape index (κ2) is 4.22. The van der Waals surface area contributed by atoms with Gasteiger partial charge in [-0.25, -0.2) is 0 Å². The lowest BCUT2D eigenvalue weighted by molar-refractivity contribution is 0.0953. The molecule has 2 rings (SSSR count). The van der Waals surface area contributed by atoms with Crippen molar-refractivity contribution in [2.75, 3.05) is 0 Å². The lowest BCUT2D eigenvalue weighted by Crippen LogP contribution is -2.17. The summed E-state index contributed by atoms with van der Waals surface area (Å²) in [6.45, 7) is 5.67. The summed E-state index contributed by atoms with van der Waals surface area (Å²) in [4.78, 5) is 12.0. The molecule has 0 amide bonds. The van der Waals surface area contributed by atoms with Crippen molar-refractivity contribution in [2.45, 2.75) is 31.5 Å². The molecule has 1 unspecified atom stereocenters. The van der Waals surface area contributed by atoms with Crippen molar-refractivity contribution < 1.29 is 9.53 Å². The quantitative estimate of drug-likeness (QED) is 0.430. The minimum Gasteiger partial charge on any atom is -0.358 e. The highest BCUT2D eigenvalue weighted by molar-refractivity contribution is 6.01. The van der Waals surface area contributed by atoms with Crippen LogP contribution in [0.15, 0.2) is 43.0 Å². The van der Waals surface area contributed by atoms with Crippen LogP contribution >= 0.6 is 0 Å². The largest absolute Gasteiger partial charge is 0.358 e. The van der Waals surface area contributed by atoms with Gasteiger partial charge in [0.1, 0.15) is 11.7 Å². The number of ketones is 1. The SMILES string of the molecule is C=CCC[C@@]1(C)OC1C(=O)c1ccccc1. The first-order chi connectivity index (χ1) is 7.67. The van der Waals surface area contributed by atoms with E-state index in [1.165, 1.54) is 0 Å². The molecule has 0 saturated carbocycles. The van der Waals surface area contributed by atoms with Crippen molar-refractivity contribution in [1.29, 1.82) is 0 Å². The monoisotopic (exact) mass is 216 g/mol. The highest BCUT2D eigenvalue weighted by atomic mass is 16.6. The predicted octanol–water partition coefficient (Wildman–Crippen LogP) is 2.99. The van der Waals surface area contributed by atoms with Crippen molar-refractivity contribution in [3.8, 4) is 0 Å². The molecular weight excluding hydrogens is 200 g/mol. The normalized spacial score (nSPS) is 27.4. The lowest BCUT2D eigenvalue weighted by Gasteiger charge is -2.03. The molecule has 1 fully saturated rings. The summed E-state index contributed by atoms with van der Waals surface area (Å²) >= 11 is 0. The predicted molar refractivity (Wildman–Crippen MR) is 63.5 cm³/mol. The van der Waals surface area contributed by atoms with Crippen LogP contribution in [-0.2, 0) is 4.74 Å². The second-order valence-electron chi connectivity index (χ2n) is 4.37. The van der Waals surface area contributed by atoms with E-state index in [0.717, 1.165) is 18.4 Å². The van der Waals surface area contributed by atoms with Crippen LogP contribution in [0, 0.1) is 0 Å². The average Bonchev–Trinajstić information content (AvgIpc) is 3.00. The number of Topliss-reactive ketones (excluding diaryl/α,β-unsaturated/α-hetero) is 1. The van der Waals surface area contributed by atoms with Crippen LogP contribution < -0.4 is 0 Å². The Morgan fingerprint density at radius 2 is 2.19 bits per heavy atom. The molecule has 2 nitrogen and oxygen atoms in total. The van der Waals surface area contributed by atoms with E-state index in [4.69, 9.17) is 4.74 Å². The van der Waals surface area contributed by atoms with Gasteiger partial charge >= 0.3 is 0 Å². The number of ether oxygens (including phenoxy) is 1. The van der Waals surface area contributed by atoms with Crippen LogP contribution in [-0.4, -0.2) is 17.5 Å². The second-order valence-corrected chi connectivity index (χ2v) is 4.37. The molecule has 1 saturated heterocycles. The summed E-state index contributed by atoms with van der Waals surface area (Å²) in [6, 6.07) is 9.31. The van der Waals surface area contributed by atoms with Crippen LogP contribution in [0.25, 0.3) is 0 Å². The summed E-state index contributed by atoms with van der Waals surface area (Å²) in [7, 11) is 0. The molecule has 0 bridgehead atoms. The molecule has 1 heterocycles. The molecule has 0 aromatic heterocycles. The maximum Gasteiger partial charge on any atom is 0.194 e. The van der Waals surface area contributed by atoms with Gasteiger partial charge in [-0.1, -0.05) is 36.4 Å². The fraction of sp³-hybridized carbons (Fsp3) is 0.357. The summed E-state index contributed by atoms with van der Waals surface area (Å²) in [5.74, 6) is 0.0900. The number of hydrogen-bond donors (Lipinski definition) is 0. The smallest absolute Gasteiger partial charge is 0.194 e. The topological polar surface area (TPSA) is 29.6 Å². The van der Waals surface area contributed by atoms with Gasteiger partial charge in [-0.3, -0.25) is 4.79 Å². The van der Waals surface area contributed by atoms with E-state index in [2.05, 4.69) is 6.58 Å². The molecule has 0 aliphatic carbocycles. The minimum atomic E-state index is -0.277. The Hall–Kier alpha value is -1.41. The zero-order chi connectivity index (χ0) is 11.6. The molecule has 84 valence electrons. The number of carbonyl (C=O) groups is 1. The molecule has 1 aromatic rings. The minimum absolute atomic E-state index is 0.0900. The van der Waals surface area contributed by atoms with E-state index in [0.29, 0.717) is 0 Å². The van der Waals surface area contributed by atoms with Gasteiger partial charge in [-0.05, 0) is 19.8 Å². The molecule has 0 N–H and O–H groups in total. The van der Waals surface area contributed by atoms with Gasteiger partial charge in [0.15, 0.2) is 5.78 Å². The fourth-order valence-corrected chi connectivity index (χ4v) is 1.90. The maximum absolute atomic E-state index is 12.0. The van der Waals surface area contributed by atoms with E-state index in [-0.39, 0.29) is 17.5 Å². The van der Waals surface area contributed by atoms with Gasteiger partial charge in [-0.2, -0.15) is 0 Å². The van der Waals surface area contributed by atoms with Gasteiger partial charge in [0.2, 0.25) is 0 Å². The summed E-state index contributed by atoms with van der Waals surface area (Å²) < 4.78 is 5.53. The third-order valence-corrected chi connectivity index (χ3v) is 3.03. The number of epoxide rings is 1. The lowest BCUT2D eigenvalue weighted by atomic mass is 9.96. The highest BCUT2D eigenvalue weighted by Gasteiger charge is 2.55. The summed E-state index contributed by atoms with van der Waals surface area (Å²) in [5, 5.41) is 0. The van der Waals surface area contributed by atoms with E-state index >= 15 is 0 Å². The van der Waals surface area contributed by atoms with Crippen molar-refractivity contribution in [2.24, 2.45) is 0 Å². The molecule has 0 spiro atoms. The van der Waals surface area contributed by atoms with E-state index in [1.54, 1.807) is 0 Å². The molecule has 1 aliphatic rings. The van der Waals surface area contributed by atoms with Gasteiger partial charge in [0.25, 0.3) is 0 Å². The Morgan fingerprint density at radius 1 is 1.50 bits per heavy atom. The number of rotatable bonds is 5. The van der Waals surface area contributed by atoms with Crippen molar-refractivity contribution >= 4 is 5.78 Å². The first kappa shape index (κ1) is 11.1. The summed E-state index contributed by atoms with van der Waals surface area (Å²) in [6.07, 6.45) is 3.33. The van der Waals surface area contributed by atoms with Gasteiger partial charge in [0, 0.05) is 5.56 Å². The standard InChI is InChI=1S/C14H16O2/c1-3-4-10-14(2)13(16-14)12(15)11-8-6-5-7-9-11/h3,5-9,13H,1,4,10H2,2H3/t13?,14-/m1/s1. The number of hydrogen-bond acceptors (Lipinski definition) is 2. The Morgan fingerprint density at radius 3 is 2.81 bits per heavy atom. The Bertz CT molecular complexity index is 396. The molecule has 1 aromatic carbocycles. The van der Waals surface area contributed by atoms with Crippen LogP contribution in [0.2, 0.25) is 0 Å². The zero-order valence-corrected chi connectivity index (χ0v) is 9.48. The molecule has 1 aliphatic heterocycles. The highest BCUT2D eigenvalue weighted by Crippen LogP contribution is 2.42. The van der Waals surface area contributed by atoms with Crippen molar-refractivity contribution in [3.63, 3.8) is 0 Å². The number of allylic oxidation sites excluding steroid dienone is 1. The molecule has 2 heteroatoms. The first-order valence-corrected chi connectivity index (χ1v) is 5.55. The molecule has 16 heavy (non-hydrogen) atoms. The van der Waals surface area contributed by atoms with Crippen LogP contribution in [0.4, 0.5) is 0 Å². The molecule has 0 radical (unpaired) electrons. The summed E-state index contributed by atoms with van der Waals surface area (Å²) in [5.41, 5.74) is 0.455. The molecule has 2 atom stereocenters. The third kappa shape index (κ3) is 2.07. The van der Waals surface area contributed by atoms with Crippen LogP contribution in [0.5, 0.6) is 0 Å². The zero-order valence-electron chi connectivity index (χ0n) is 9.48. The van der Waals surface area contributed by atoms with Crippen LogP contribution in [0.3, 0.4) is 0 Å². The Balaban J connectivity index is 2.02. The van der Waals surface area contributed by atoms with Crippen molar-refractivity contribution in [1.82, 2.24) is 0 Å². The van der Waals surface area contributed by atoms with Crippen LogP contribution in [0.1, 0.15) is 30.1 Å². The fourth-order valence-electron chi connectivity index (χ4n) is 1.90. The Kier molecular flexibility index (Phi) is 2.92. The maximum atomic E-state index is 12.0. The third-order valence-electron chi connectivity index (χ3n) is 3.03. The van der Waals surface area contributed by atoms with E-state index in [1.807, 2.05) is 43.3 Å².